The maximum Gasteiger partial charge on any atom is 0.307 e. The van der Waals surface area contributed by atoms with Crippen molar-refractivity contribution in [3.63, 3.8) is 0 Å². The molecule has 3 heteroatoms. The van der Waals surface area contributed by atoms with Crippen LogP contribution in [0.1, 0.15) is 25.8 Å². The second-order valence-electron chi connectivity index (χ2n) is 4.26. The minimum Gasteiger partial charge on any atom is -0.481 e. The first-order chi connectivity index (χ1) is 8.17. The Morgan fingerprint density at radius 1 is 1.29 bits per heavy atom. The number of hydrogen-bond donors (Lipinski definition) is 1. The quantitative estimate of drug-likeness (QED) is 0.789. The highest BCUT2D eigenvalue weighted by molar-refractivity contribution is 5.70. The maximum absolute atomic E-state index is 11.0. The molecule has 94 valence electrons. The van der Waals surface area contributed by atoms with Crippen molar-refractivity contribution in [2.75, 3.05) is 13.1 Å². The Balaban J connectivity index is 2.57. The molecule has 1 N–H and O–H groups in total. The smallest absolute Gasteiger partial charge is 0.307 e. The number of nitrogens with zero attached hydrogens (tertiary/aromatic N) is 1. The van der Waals surface area contributed by atoms with Gasteiger partial charge in [-0.2, -0.15) is 0 Å². The molecule has 0 spiro atoms. The van der Waals surface area contributed by atoms with Crippen LogP contribution >= 0.6 is 0 Å². The van der Waals surface area contributed by atoms with E-state index < -0.39 is 5.97 Å². The number of carboxylic acids is 1. The number of benzene rings is 1. The average molecular weight is 235 g/mol. The van der Waals surface area contributed by atoms with Gasteiger partial charge in [-0.3, -0.25) is 9.69 Å². The molecule has 17 heavy (non-hydrogen) atoms. The van der Waals surface area contributed by atoms with Crippen LogP contribution < -0.4 is 0 Å². The Kier molecular flexibility index (Phi) is 5.70. The second kappa shape index (κ2) is 7.07. The molecule has 0 aliphatic rings. The normalized spacial score (nSPS) is 12.6. The molecule has 1 aromatic rings. The van der Waals surface area contributed by atoms with Crippen molar-refractivity contribution in [2.24, 2.45) is 5.92 Å². The molecule has 0 aromatic heterocycles. The van der Waals surface area contributed by atoms with E-state index in [4.69, 9.17) is 5.11 Å². The summed E-state index contributed by atoms with van der Waals surface area (Å²) in [6.07, 6.45) is 0.681. The zero-order valence-corrected chi connectivity index (χ0v) is 10.6. The summed E-state index contributed by atoms with van der Waals surface area (Å²) in [5.74, 6) is -0.960. The molecule has 0 bridgehead atoms. The average Bonchev–Trinajstić information content (AvgIpc) is 2.35. The Labute approximate surface area is 103 Å². The summed E-state index contributed by atoms with van der Waals surface area (Å²) in [4.78, 5) is 13.2. The summed E-state index contributed by atoms with van der Waals surface area (Å²) in [6.45, 7) is 6.31. The van der Waals surface area contributed by atoms with Gasteiger partial charge in [0.25, 0.3) is 0 Å². The molecule has 1 rings (SSSR count). The van der Waals surface area contributed by atoms with Crippen molar-refractivity contribution in [1.82, 2.24) is 4.90 Å². The Morgan fingerprint density at radius 2 is 1.94 bits per heavy atom. The highest BCUT2D eigenvalue weighted by Gasteiger charge is 2.18. The minimum atomic E-state index is -0.695. The fourth-order valence-electron chi connectivity index (χ4n) is 1.84. The van der Waals surface area contributed by atoms with Gasteiger partial charge in [-0.25, -0.2) is 0 Å². The lowest BCUT2D eigenvalue weighted by Crippen LogP contribution is -2.32. The topological polar surface area (TPSA) is 40.5 Å². The van der Waals surface area contributed by atoms with Crippen LogP contribution in [-0.2, 0) is 11.3 Å². The van der Waals surface area contributed by atoms with Gasteiger partial charge in [0, 0.05) is 13.1 Å². The predicted molar refractivity (Wildman–Crippen MR) is 68.8 cm³/mol. The monoisotopic (exact) mass is 235 g/mol. The van der Waals surface area contributed by atoms with Crippen molar-refractivity contribution in [2.45, 2.75) is 26.8 Å². The minimum absolute atomic E-state index is 0.265. The van der Waals surface area contributed by atoms with E-state index in [2.05, 4.69) is 24.0 Å². The van der Waals surface area contributed by atoms with E-state index in [1.165, 1.54) is 5.56 Å². The van der Waals surface area contributed by atoms with Gasteiger partial charge in [0.2, 0.25) is 0 Å². The Bertz CT molecular complexity index is 337. The largest absolute Gasteiger partial charge is 0.481 e. The summed E-state index contributed by atoms with van der Waals surface area (Å²) < 4.78 is 0. The third-order valence-corrected chi connectivity index (χ3v) is 3.02. The number of rotatable bonds is 7. The highest BCUT2D eigenvalue weighted by Crippen LogP contribution is 2.10. The van der Waals surface area contributed by atoms with Crippen LogP contribution in [0, 0.1) is 5.92 Å². The molecule has 1 atom stereocenters. The van der Waals surface area contributed by atoms with Crippen LogP contribution in [0.15, 0.2) is 30.3 Å². The van der Waals surface area contributed by atoms with Gasteiger partial charge in [0.05, 0.1) is 5.92 Å². The van der Waals surface area contributed by atoms with Gasteiger partial charge < -0.3 is 5.11 Å². The molecule has 0 saturated carbocycles. The van der Waals surface area contributed by atoms with E-state index in [1.54, 1.807) is 0 Å². The lowest BCUT2D eigenvalue weighted by Gasteiger charge is -2.23. The van der Waals surface area contributed by atoms with Crippen LogP contribution in [0.5, 0.6) is 0 Å². The first kappa shape index (κ1) is 13.7. The molecule has 3 nitrogen and oxygen atoms in total. The lowest BCUT2D eigenvalue weighted by atomic mass is 10.1. The summed E-state index contributed by atoms with van der Waals surface area (Å²) >= 11 is 0. The third-order valence-electron chi connectivity index (χ3n) is 3.02. The molecule has 0 aliphatic heterocycles. The van der Waals surface area contributed by atoms with Crippen LogP contribution in [0.2, 0.25) is 0 Å². The molecule has 0 saturated heterocycles. The van der Waals surface area contributed by atoms with Crippen molar-refractivity contribution in [1.29, 1.82) is 0 Å². The summed E-state index contributed by atoms with van der Waals surface area (Å²) in [5.41, 5.74) is 1.23. The molecule has 0 amide bonds. The maximum atomic E-state index is 11.0. The number of carbonyl (C=O) groups is 1. The summed E-state index contributed by atoms with van der Waals surface area (Å²) in [6, 6.07) is 10.2. The van der Waals surface area contributed by atoms with Crippen LogP contribution in [0.25, 0.3) is 0 Å². The van der Waals surface area contributed by atoms with Gasteiger partial charge in [-0.05, 0) is 18.5 Å². The SMILES string of the molecule is CCC(CN(CC)Cc1ccccc1)C(=O)O. The van der Waals surface area contributed by atoms with Gasteiger partial charge in [0.15, 0.2) is 0 Å². The Hall–Kier alpha value is -1.35. The van der Waals surface area contributed by atoms with Crippen LogP contribution in [-0.4, -0.2) is 29.1 Å². The van der Waals surface area contributed by atoms with Gasteiger partial charge in [-0.15, -0.1) is 0 Å². The van der Waals surface area contributed by atoms with E-state index in [0.29, 0.717) is 13.0 Å². The predicted octanol–water partition coefficient (Wildman–Crippen LogP) is 2.62. The fraction of sp³-hybridized carbons (Fsp3) is 0.500. The zero-order chi connectivity index (χ0) is 12.7. The molecule has 0 aliphatic carbocycles. The first-order valence-electron chi connectivity index (χ1n) is 6.16. The van der Waals surface area contributed by atoms with Gasteiger partial charge in [-0.1, -0.05) is 44.2 Å². The van der Waals surface area contributed by atoms with E-state index in [1.807, 2.05) is 25.1 Å². The summed E-state index contributed by atoms with van der Waals surface area (Å²) in [7, 11) is 0. The molecule has 0 fully saturated rings. The van der Waals surface area contributed by atoms with Gasteiger partial charge >= 0.3 is 5.97 Å². The third kappa shape index (κ3) is 4.57. The Morgan fingerprint density at radius 3 is 2.41 bits per heavy atom. The van der Waals surface area contributed by atoms with E-state index in [-0.39, 0.29) is 5.92 Å². The molecular weight excluding hydrogens is 214 g/mol. The zero-order valence-electron chi connectivity index (χ0n) is 10.6. The lowest BCUT2D eigenvalue weighted by molar-refractivity contribution is -0.142. The van der Waals surface area contributed by atoms with Gasteiger partial charge in [0.1, 0.15) is 0 Å². The highest BCUT2D eigenvalue weighted by atomic mass is 16.4. The van der Waals surface area contributed by atoms with E-state index >= 15 is 0 Å². The van der Waals surface area contributed by atoms with Crippen molar-refractivity contribution in [3.05, 3.63) is 35.9 Å². The van der Waals surface area contributed by atoms with Crippen LogP contribution in [0.4, 0.5) is 0 Å². The first-order valence-corrected chi connectivity index (χ1v) is 6.16. The second-order valence-corrected chi connectivity index (χ2v) is 4.26. The fourth-order valence-corrected chi connectivity index (χ4v) is 1.84. The molecule has 1 unspecified atom stereocenters. The standard InChI is InChI=1S/C14H21NO2/c1-3-13(14(16)17)11-15(4-2)10-12-8-6-5-7-9-12/h5-9,13H,3-4,10-11H2,1-2H3,(H,16,17). The number of hydrogen-bond acceptors (Lipinski definition) is 2. The van der Waals surface area contributed by atoms with Crippen molar-refractivity contribution in [3.8, 4) is 0 Å². The molecular formula is C14H21NO2. The van der Waals surface area contributed by atoms with Crippen molar-refractivity contribution < 1.29 is 9.90 Å². The number of carboxylic acid groups (broad SMARTS) is 1. The van der Waals surface area contributed by atoms with Crippen molar-refractivity contribution >= 4 is 5.97 Å². The molecule has 1 aromatic carbocycles. The number of aliphatic carboxylic acids is 1. The van der Waals surface area contributed by atoms with E-state index in [0.717, 1.165) is 13.1 Å². The summed E-state index contributed by atoms with van der Waals surface area (Å²) in [5, 5.41) is 9.06. The van der Waals surface area contributed by atoms with Crippen LogP contribution in [0.3, 0.4) is 0 Å². The molecule has 0 heterocycles. The van der Waals surface area contributed by atoms with E-state index in [9.17, 15) is 4.79 Å². The molecule has 0 radical (unpaired) electrons.